The monoisotopic (exact) mass is 228 g/mol. The van der Waals surface area contributed by atoms with Gasteiger partial charge in [-0.2, -0.15) is 11.8 Å². The summed E-state index contributed by atoms with van der Waals surface area (Å²) in [5.41, 5.74) is 1.32. The van der Waals surface area contributed by atoms with E-state index in [1.54, 1.807) is 0 Å². The molecule has 0 saturated heterocycles. The second-order valence-electron chi connectivity index (χ2n) is 4.44. The average Bonchev–Trinajstić information content (AvgIpc) is 2.20. The van der Waals surface area contributed by atoms with E-state index in [4.69, 9.17) is 0 Å². The SMILES string of the molecule is C=C(C)CCSCCCCCCCCC. The highest BCUT2D eigenvalue weighted by Gasteiger charge is 1.92. The van der Waals surface area contributed by atoms with Crippen LogP contribution in [0.1, 0.15) is 65.2 Å². The van der Waals surface area contributed by atoms with Gasteiger partial charge in [0.15, 0.2) is 0 Å². The van der Waals surface area contributed by atoms with Crippen molar-refractivity contribution in [2.75, 3.05) is 11.5 Å². The van der Waals surface area contributed by atoms with Crippen LogP contribution in [0.4, 0.5) is 0 Å². The van der Waals surface area contributed by atoms with Gasteiger partial charge in [0, 0.05) is 0 Å². The zero-order valence-corrected chi connectivity index (χ0v) is 11.5. The van der Waals surface area contributed by atoms with E-state index in [1.165, 1.54) is 68.4 Å². The Morgan fingerprint density at radius 2 is 1.53 bits per heavy atom. The minimum Gasteiger partial charge on any atom is -0.162 e. The Hall–Kier alpha value is 0.0900. The van der Waals surface area contributed by atoms with Crippen LogP contribution in [0, 0.1) is 0 Å². The first-order chi connectivity index (χ1) is 7.27. The summed E-state index contributed by atoms with van der Waals surface area (Å²) < 4.78 is 0. The van der Waals surface area contributed by atoms with Gasteiger partial charge in [0.05, 0.1) is 0 Å². The van der Waals surface area contributed by atoms with Crippen LogP contribution in [0.2, 0.25) is 0 Å². The van der Waals surface area contributed by atoms with Gasteiger partial charge in [-0.1, -0.05) is 51.0 Å². The topological polar surface area (TPSA) is 0 Å². The number of hydrogen-bond donors (Lipinski definition) is 0. The van der Waals surface area contributed by atoms with E-state index < -0.39 is 0 Å². The lowest BCUT2D eigenvalue weighted by molar-refractivity contribution is 0.603. The highest BCUT2D eigenvalue weighted by Crippen LogP contribution is 2.12. The van der Waals surface area contributed by atoms with E-state index in [9.17, 15) is 0 Å². The molecule has 0 aliphatic heterocycles. The summed E-state index contributed by atoms with van der Waals surface area (Å²) >= 11 is 2.09. The Morgan fingerprint density at radius 3 is 2.13 bits per heavy atom. The van der Waals surface area contributed by atoms with Gasteiger partial charge >= 0.3 is 0 Å². The third kappa shape index (κ3) is 14.1. The maximum Gasteiger partial charge on any atom is -0.00304 e. The summed E-state index contributed by atoms with van der Waals surface area (Å²) in [5, 5.41) is 0. The highest BCUT2D eigenvalue weighted by atomic mass is 32.2. The van der Waals surface area contributed by atoms with Crippen LogP contribution in [0.25, 0.3) is 0 Å². The van der Waals surface area contributed by atoms with Crippen molar-refractivity contribution in [2.24, 2.45) is 0 Å². The number of rotatable bonds is 11. The van der Waals surface area contributed by atoms with Crippen molar-refractivity contribution >= 4 is 11.8 Å². The molecule has 0 saturated carbocycles. The van der Waals surface area contributed by atoms with Gasteiger partial charge in [-0.3, -0.25) is 0 Å². The van der Waals surface area contributed by atoms with E-state index in [0.717, 1.165) is 0 Å². The predicted octanol–water partition coefficient (Wildman–Crippen LogP) is 5.44. The largest absolute Gasteiger partial charge is 0.162 e. The van der Waals surface area contributed by atoms with Crippen molar-refractivity contribution in [1.29, 1.82) is 0 Å². The van der Waals surface area contributed by atoms with Gasteiger partial charge in [-0.25, -0.2) is 0 Å². The lowest BCUT2D eigenvalue weighted by Crippen LogP contribution is -1.86. The van der Waals surface area contributed by atoms with Crippen molar-refractivity contribution in [2.45, 2.75) is 65.2 Å². The second-order valence-corrected chi connectivity index (χ2v) is 5.67. The smallest absolute Gasteiger partial charge is 0.00304 e. The first kappa shape index (κ1) is 15.1. The quantitative estimate of drug-likeness (QED) is 0.335. The summed E-state index contributed by atoms with van der Waals surface area (Å²) in [7, 11) is 0. The van der Waals surface area contributed by atoms with E-state index >= 15 is 0 Å². The molecule has 0 heterocycles. The Labute approximate surface area is 101 Å². The van der Waals surface area contributed by atoms with Crippen LogP contribution >= 0.6 is 11.8 Å². The Morgan fingerprint density at radius 1 is 0.933 bits per heavy atom. The molecule has 0 nitrogen and oxygen atoms in total. The molecule has 0 unspecified atom stereocenters. The third-order valence-corrected chi connectivity index (χ3v) is 3.64. The van der Waals surface area contributed by atoms with Gasteiger partial charge in [-0.05, 0) is 31.3 Å². The van der Waals surface area contributed by atoms with Crippen molar-refractivity contribution in [3.8, 4) is 0 Å². The van der Waals surface area contributed by atoms with Gasteiger partial charge < -0.3 is 0 Å². The Bertz CT molecular complexity index is 140. The molecule has 0 aromatic carbocycles. The van der Waals surface area contributed by atoms with E-state index in [0.29, 0.717) is 0 Å². The van der Waals surface area contributed by atoms with E-state index in [2.05, 4.69) is 32.2 Å². The van der Waals surface area contributed by atoms with Gasteiger partial charge in [-0.15, -0.1) is 6.58 Å². The maximum atomic E-state index is 3.92. The van der Waals surface area contributed by atoms with Crippen LogP contribution < -0.4 is 0 Å². The zero-order chi connectivity index (χ0) is 11.4. The molecular formula is C14H28S. The third-order valence-electron chi connectivity index (χ3n) is 2.57. The number of hydrogen-bond acceptors (Lipinski definition) is 1. The lowest BCUT2D eigenvalue weighted by Gasteiger charge is -2.02. The highest BCUT2D eigenvalue weighted by molar-refractivity contribution is 7.99. The summed E-state index contributed by atoms with van der Waals surface area (Å²) in [4.78, 5) is 0. The molecular weight excluding hydrogens is 200 g/mol. The number of thioether (sulfide) groups is 1. The second kappa shape index (κ2) is 12.2. The molecule has 0 atom stereocenters. The van der Waals surface area contributed by atoms with Gasteiger partial charge in [0.1, 0.15) is 0 Å². The standard InChI is InChI=1S/C14H28S/c1-4-5-6-7-8-9-10-12-15-13-11-14(2)3/h2,4-13H2,1,3H3. The molecule has 0 amide bonds. The van der Waals surface area contributed by atoms with Crippen LogP contribution in [0.3, 0.4) is 0 Å². The zero-order valence-electron chi connectivity index (χ0n) is 10.7. The minimum atomic E-state index is 1.20. The summed E-state index contributed by atoms with van der Waals surface area (Å²) in [6.07, 6.45) is 11.2. The first-order valence-corrected chi connectivity index (χ1v) is 7.65. The van der Waals surface area contributed by atoms with Crippen molar-refractivity contribution in [3.05, 3.63) is 12.2 Å². The molecule has 90 valence electrons. The molecule has 0 fully saturated rings. The van der Waals surface area contributed by atoms with Crippen molar-refractivity contribution in [1.82, 2.24) is 0 Å². The maximum absolute atomic E-state index is 3.92. The molecule has 0 N–H and O–H groups in total. The molecule has 0 bridgehead atoms. The van der Waals surface area contributed by atoms with Gasteiger partial charge in [0.25, 0.3) is 0 Å². The average molecular weight is 228 g/mol. The molecule has 0 spiro atoms. The minimum absolute atomic E-state index is 1.20. The van der Waals surface area contributed by atoms with Crippen LogP contribution in [-0.4, -0.2) is 11.5 Å². The fourth-order valence-electron chi connectivity index (χ4n) is 1.51. The molecule has 1 heteroatoms. The molecule has 0 aromatic heterocycles. The summed E-state index contributed by atoms with van der Waals surface area (Å²) in [6.45, 7) is 8.31. The lowest BCUT2D eigenvalue weighted by atomic mass is 10.1. The summed E-state index contributed by atoms with van der Waals surface area (Å²) in [6, 6.07) is 0. The molecule has 0 radical (unpaired) electrons. The normalized spacial score (nSPS) is 10.5. The molecule has 0 rings (SSSR count). The van der Waals surface area contributed by atoms with E-state index in [1.807, 2.05) is 0 Å². The van der Waals surface area contributed by atoms with Crippen molar-refractivity contribution < 1.29 is 0 Å². The van der Waals surface area contributed by atoms with Crippen LogP contribution in [0.5, 0.6) is 0 Å². The van der Waals surface area contributed by atoms with Crippen LogP contribution in [0.15, 0.2) is 12.2 Å². The number of unbranched alkanes of at least 4 members (excludes halogenated alkanes) is 6. The van der Waals surface area contributed by atoms with E-state index in [-0.39, 0.29) is 0 Å². The summed E-state index contributed by atoms with van der Waals surface area (Å²) in [5.74, 6) is 2.62. The Kier molecular flexibility index (Phi) is 12.2. The fourth-order valence-corrected chi connectivity index (χ4v) is 2.61. The molecule has 0 aliphatic carbocycles. The Balaban J connectivity index is 2.89. The fraction of sp³-hybridized carbons (Fsp3) is 0.857. The first-order valence-electron chi connectivity index (χ1n) is 6.49. The number of allylic oxidation sites excluding steroid dienone is 1. The predicted molar refractivity (Wildman–Crippen MR) is 74.7 cm³/mol. The van der Waals surface area contributed by atoms with Crippen LogP contribution in [-0.2, 0) is 0 Å². The molecule has 15 heavy (non-hydrogen) atoms. The van der Waals surface area contributed by atoms with Gasteiger partial charge in [0.2, 0.25) is 0 Å². The van der Waals surface area contributed by atoms with Crippen molar-refractivity contribution in [3.63, 3.8) is 0 Å². The molecule has 0 aliphatic rings. The molecule has 0 aromatic rings.